The van der Waals surface area contributed by atoms with Crippen LogP contribution in [0.25, 0.3) is 0 Å². The van der Waals surface area contributed by atoms with E-state index in [9.17, 15) is 4.79 Å². The van der Waals surface area contributed by atoms with Crippen LogP contribution in [0.15, 0.2) is 36.7 Å². The first-order valence-corrected chi connectivity index (χ1v) is 8.89. The largest absolute Gasteiger partial charge is 0.324 e. The number of benzene rings is 1. The maximum Gasteiger partial charge on any atom is 0.324 e. The monoisotopic (exact) mass is 342 g/mol. The molecule has 7 nitrogen and oxygen atoms in total. The SMILES string of the molecule is CCC(C)N1CCN(C(=O)Nc2ncn(Cc3ccccc3)n2)CC1. The van der Waals surface area contributed by atoms with E-state index in [0.717, 1.165) is 38.2 Å². The highest BCUT2D eigenvalue weighted by Gasteiger charge is 2.23. The van der Waals surface area contributed by atoms with Crippen LogP contribution >= 0.6 is 0 Å². The van der Waals surface area contributed by atoms with E-state index in [1.807, 2.05) is 35.2 Å². The Labute approximate surface area is 148 Å². The van der Waals surface area contributed by atoms with Gasteiger partial charge in [-0.3, -0.25) is 10.2 Å². The third kappa shape index (κ3) is 4.57. The van der Waals surface area contributed by atoms with Gasteiger partial charge in [-0.1, -0.05) is 37.3 Å². The van der Waals surface area contributed by atoms with Gasteiger partial charge in [-0.05, 0) is 18.9 Å². The zero-order valence-corrected chi connectivity index (χ0v) is 14.9. The number of rotatable bonds is 5. The fraction of sp³-hybridized carbons (Fsp3) is 0.500. The molecule has 1 aromatic carbocycles. The number of aromatic nitrogens is 3. The van der Waals surface area contributed by atoms with E-state index in [-0.39, 0.29) is 6.03 Å². The third-order valence-corrected chi connectivity index (χ3v) is 4.76. The minimum absolute atomic E-state index is 0.124. The topological polar surface area (TPSA) is 66.3 Å². The number of piperazine rings is 1. The molecule has 1 unspecified atom stereocenters. The fourth-order valence-electron chi connectivity index (χ4n) is 3.00. The number of anilines is 1. The molecule has 0 spiro atoms. The van der Waals surface area contributed by atoms with Crippen molar-refractivity contribution >= 4 is 12.0 Å². The maximum absolute atomic E-state index is 12.4. The van der Waals surface area contributed by atoms with Gasteiger partial charge in [0.25, 0.3) is 0 Å². The second-order valence-electron chi connectivity index (χ2n) is 6.46. The summed E-state index contributed by atoms with van der Waals surface area (Å²) in [5.74, 6) is 0.352. The van der Waals surface area contributed by atoms with E-state index in [2.05, 4.69) is 34.1 Å². The molecule has 2 heterocycles. The molecule has 3 rings (SSSR count). The summed E-state index contributed by atoms with van der Waals surface area (Å²) >= 11 is 0. The molecular weight excluding hydrogens is 316 g/mol. The number of amides is 2. The number of nitrogens with one attached hydrogen (secondary N) is 1. The summed E-state index contributed by atoms with van der Waals surface area (Å²) in [7, 11) is 0. The van der Waals surface area contributed by atoms with Gasteiger partial charge in [0.15, 0.2) is 0 Å². The predicted octanol–water partition coefficient (Wildman–Crippen LogP) is 2.27. The van der Waals surface area contributed by atoms with Crippen LogP contribution in [-0.4, -0.2) is 62.8 Å². The molecule has 0 saturated carbocycles. The first-order valence-electron chi connectivity index (χ1n) is 8.89. The van der Waals surface area contributed by atoms with Crippen LogP contribution < -0.4 is 5.32 Å². The van der Waals surface area contributed by atoms with Crippen LogP contribution in [0.2, 0.25) is 0 Å². The lowest BCUT2D eigenvalue weighted by Gasteiger charge is -2.37. The van der Waals surface area contributed by atoms with Crippen LogP contribution in [0, 0.1) is 0 Å². The molecule has 1 atom stereocenters. The van der Waals surface area contributed by atoms with Crippen LogP contribution in [0.4, 0.5) is 10.7 Å². The molecule has 25 heavy (non-hydrogen) atoms. The van der Waals surface area contributed by atoms with Crippen molar-refractivity contribution in [2.75, 3.05) is 31.5 Å². The van der Waals surface area contributed by atoms with Gasteiger partial charge in [-0.25, -0.2) is 14.5 Å². The molecule has 0 radical (unpaired) electrons. The summed E-state index contributed by atoms with van der Waals surface area (Å²) in [6, 6.07) is 10.5. The molecule has 1 N–H and O–H groups in total. The van der Waals surface area contributed by atoms with Crippen molar-refractivity contribution in [3.63, 3.8) is 0 Å². The average Bonchev–Trinajstić information content (AvgIpc) is 3.08. The highest BCUT2D eigenvalue weighted by Crippen LogP contribution is 2.10. The molecule has 2 aromatic rings. The Bertz CT molecular complexity index is 678. The lowest BCUT2D eigenvalue weighted by molar-refractivity contribution is 0.117. The smallest absolute Gasteiger partial charge is 0.322 e. The molecule has 1 aromatic heterocycles. The van der Waals surface area contributed by atoms with Crippen LogP contribution in [-0.2, 0) is 6.54 Å². The molecular formula is C18H26N6O. The van der Waals surface area contributed by atoms with Crippen molar-refractivity contribution in [1.29, 1.82) is 0 Å². The Morgan fingerprint density at radius 2 is 1.92 bits per heavy atom. The van der Waals surface area contributed by atoms with Crippen molar-refractivity contribution in [1.82, 2.24) is 24.6 Å². The lowest BCUT2D eigenvalue weighted by atomic mass is 10.2. The van der Waals surface area contributed by atoms with E-state index in [1.165, 1.54) is 0 Å². The van der Waals surface area contributed by atoms with Gasteiger partial charge in [-0.2, -0.15) is 0 Å². The van der Waals surface area contributed by atoms with Gasteiger partial charge in [0.1, 0.15) is 6.33 Å². The van der Waals surface area contributed by atoms with Gasteiger partial charge < -0.3 is 4.90 Å². The van der Waals surface area contributed by atoms with E-state index in [4.69, 9.17) is 0 Å². The number of carbonyl (C=O) groups is 1. The van der Waals surface area contributed by atoms with Crippen LogP contribution in [0.1, 0.15) is 25.8 Å². The van der Waals surface area contributed by atoms with Gasteiger partial charge in [0.05, 0.1) is 6.54 Å². The molecule has 0 aliphatic carbocycles. The van der Waals surface area contributed by atoms with Gasteiger partial charge in [0, 0.05) is 32.2 Å². The highest BCUT2D eigenvalue weighted by atomic mass is 16.2. The summed E-state index contributed by atoms with van der Waals surface area (Å²) in [6.07, 6.45) is 2.78. The van der Waals surface area contributed by atoms with Crippen molar-refractivity contribution in [2.24, 2.45) is 0 Å². The summed E-state index contributed by atoms with van der Waals surface area (Å²) in [5.41, 5.74) is 1.14. The standard InChI is InChI=1S/C18H26N6O/c1-3-15(2)22-9-11-23(12-10-22)18(25)20-17-19-14-24(21-17)13-16-7-5-4-6-8-16/h4-8,14-15H,3,9-13H2,1-2H3,(H,20,21,25). The second kappa shape index (κ2) is 8.11. The molecule has 1 fully saturated rings. The van der Waals surface area contributed by atoms with E-state index in [1.54, 1.807) is 11.0 Å². The zero-order chi connectivity index (χ0) is 17.6. The van der Waals surface area contributed by atoms with Gasteiger partial charge >= 0.3 is 6.03 Å². The number of hydrogen-bond donors (Lipinski definition) is 1. The Balaban J connectivity index is 1.50. The number of hydrogen-bond acceptors (Lipinski definition) is 4. The number of nitrogens with zero attached hydrogens (tertiary/aromatic N) is 5. The Kier molecular flexibility index (Phi) is 5.65. The normalized spacial score (nSPS) is 16.6. The number of carbonyl (C=O) groups excluding carboxylic acids is 1. The van der Waals surface area contributed by atoms with Gasteiger partial charge in [0.2, 0.25) is 5.95 Å². The Morgan fingerprint density at radius 1 is 1.20 bits per heavy atom. The first-order chi connectivity index (χ1) is 12.2. The zero-order valence-electron chi connectivity index (χ0n) is 14.9. The summed E-state index contributed by atoms with van der Waals surface area (Å²) < 4.78 is 1.73. The van der Waals surface area contributed by atoms with E-state index < -0.39 is 0 Å². The van der Waals surface area contributed by atoms with E-state index >= 15 is 0 Å². The average molecular weight is 342 g/mol. The quantitative estimate of drug-likeness (QED) is 0.905. The molecule has 2 amide bonds. The Morgan fingerprint density at radius 3 is 2.60 bits per heavy atom. The van der Waals surface area contributed by atoms with Crippen molar-refractivity contribution < 1.29 is 4.79 Å². The van der Waals surface area contributed by atoms with Crippen molar-refractivity contribution in [3.8, 4) is 0 Å². The molecule has 0 bridgehead atoms. The van der Waals surface area contributed by atoms with Crippen molar-refractivity contribution in [2.45, 2.75) is 32.9 Å². The minimum atomic E-state index is -0.124. The second-order valence-corrected chi connectivity index (χ2v) is 6.46. The summed E-state index contributed by atoms with van der Waals surface area (Å²) in [5, 5.41) is 7.13. The summed E-state index contributed by atoms with van der Waals surface area (Å²) in [4.78, 5) is 20.8. The Hall–Kier alpha value is -2.41. The molecule has 7 heteroatoms. The molecule has 1 saturated heterocycles. The fourth-order valence-corrected chi connectivity index (χ4v) is 3.00. The number of urea groups is 1. The van der Waals surface area contributed by atoms with E-state index in [0.29, 0.717) is 18.5 Å². The lowest BCUT2D eigenvalue weighted by Crippen LogP contribution is -2.52. The van der Waals surface area contributed by atoms with Crippen LogP contribution in [0.5, 0.6) is 0 Å². The molecule has 1 aliphatic heterocycles. The van der Waals surface area contributed by atoms with Gasteiger partial charge in [-0.15, -0.1) is 5.10 Å². The molecule has 134 valence electrons. The molecule has 1 aliphatic rings. The summed E-state index contributed by atoms with van der Waals surface area (Å²) in [6.45, 7) is 8.37. The third-order valence-electron chi connectivity index (χ3n) is 4.76. The predicted molar refractivity (Wildman–Crippen MR) is 97.5 cm³/mol. The van der Waals surface area contributed by atoms with Crippen molar-refractivity contribution in [3.05, 3.63) is 42.2 Å². The maximum atomic E-state index is 12.4. The first kappa shape index (κ1) is 17.4. The highest BCUT2D eigenvalue weighted by molar-refractivity contribution is 5.87. The minimum Gasteiger partial charge on any atom is -0.322 e. The van der Waals surface area contributed by atoms with Crippen LogP contribution in [0.3, 0.4) is 0 Å².